The molecule has 1 N–H and O–H groups in total. The molecular weight excluding hydrogens is 196 g/mol. The van der Waals surface area contributed by atoms with Gasteiger partial charge < -0.3 is 4.98 Å². The molecule has 84 valence electrons. The van der Waals surface area contributed by atoms with E-state index in [9.17, 15) is 0 Å². The summed E-state index contributed by atoms with van der Waals surface area (Å²) in [6.45, 7) is 4.67. The van der Waals surface area contributed by atoms with Crippen LogP contribution in [-0.4, -0.2) is 9.97 Å². The van der Waals surface area contributed by atoms with Crippen LogP contribution in [0.5, 0.6) is 0 Å². The summed E-state index contributed by atoms with van der Waals surface area (Å²) in [7, 11) is 0. The van der Waals surface area contributed by atoms with Crippen LogP contribution in [-0.2, 0) is 12.8 Å². The van der Waals surface area contributed by atoms with Crippen molar-refractivity contribution in [2.45, 2.75) is 33.1 Å². The molecule has 0 fully saturated rings. The molecule has 0 bridgehead atoms. The lowest BCUT2D eigenvalue weighted by atomic mass is 9.80. The standard InChI is InChI=1S/C14H18N2/c1-9(2)10-3-4-13-11(7-10)12-8-15-6-5-14(12)16-13/h5-6,8-10,16H,3-4,7H2,1-2H3. The molecule has 1 aliphatic carbocycles. The second kappa shape index (κ2) is 3.62. The molecule has 1 aliphatic rings. The Bertz CT molecular complexity index is 510. The van der Waals surface area contributed by atoms with Crippen LogP contribution in [0.4, 0.5) is 0 Å². The van der Waals surface area contributed by atoms with Crippen LogP contribution in [0.1, 0.15) is 31.5 Å². The quantitative estimate of drug-likeness (QED) is 0.775. The largest absolute Gasteiger partial charge is 0.358 e. The van der Waals surface area contributed by atoms with Crippen LogP contribution in [0.15, 0.2) is 18.5 Å². The smallest absolute Gasteiger partial charge is 0.0490 e. The van der Waals surface area contributed by atoms with E-state index >= 15 is 0 Å². The first-order chi connectivity index (χ1) is 7.75. The highest BCUT2D eigenvalue weighted by molar-refractivity contribution is 5.83. The fraction of sp³-hybridized carbons (Fsp3) is 0.500. The number of aromatic amines is 1. The van der Waals surface area contributed by atoms with Crippen molar-refractivity contribution in [3.63, 3.8) is 0 Å². The molecule has 2 aromatic heterocycles. The maximum absolute atomic E-state index is 4.24. The number of aromatic nitrogens is 2. The highest BCUT2D eigenvalue weighted by atomic mass is 14.7. The minimum absolute atomic E-state index is 0.787. The van der Waals surface area contributed by atoms with Gasteiger partial charge >= 0.3 is 0 Å². The zero-order valence-electron chi connectivity index (χ0n) is 9.96. The minimum Gasteiger partial charge on any atom is -0.358 e. The third-order valence-corrected chi connectivity index (χ3v) is 3.97. The molecule has 0 saturated carbocycles. The van der Waals surface area contributed by atoms with Crippen LogP contribution >= 0.6 is 0 Å². The number of pyridine rings is 1. The Morgan fingerprint density at radius 3 is 3.12 bits per heavy atom. The lowest BCUT2D eigenvalue weighted by molar-refractivity contribution is 0.342. The van der Waals surface area contributed by atoms with Gasteiger partial charge in [-0.05, 0) is 42.7 Å². The molecule has 0 aromatic carbocycles. The van der Waals surface area contributed by atoms with Crippen molar-refractivity contribution < 1.29 is 0 Å². The third-order valence-electron chi connectivity index (χ3n) is 3.97. The molecule has 0 saturated heterocycles. The zero-order valence-corrected chi connectivity index (χ0v) is 9.96. The van der Waals surface area contributed by atoms with E-state index in [1.165, 1.54) is 41.4 Å². The molecule has 0 spiro atoms. The van der Waals surface area contributed by atoms with Crippen LogP contribution in [0, 0.1) is 11.8 Å². The number of hydrogen-bond acceptors (Lipinski definition) is 1. The summed E-state index contributed by atoms with van der Waals surface area (Å²) in [6.07, 6.45) is 7.62. The minimum atomic E-state index is 0.787. The summed E-state index contributed by atoms with van der Waals surface area (Å²) in [4.78, 5) is 7.78. The van der Waals surface area contributed by atoms with Gasteiger partial charge in [-0.1, -0.05) is 13.8 Å². The van der Waals surface area contributed by atoms with Crippen LogP contribution < -0.4 is 0 Å². The Hall–Kier alpha value is -1.31. The second-order valence-corrected chi connectivity index (χ2v) is 5.25. The molecule has 1 unspecified atom stereocenters. The van der Waals surface area contributed by atoms with E-state index in [4.69, 9.17) is 0 Å². The fourth-order valence-electron chi connectivity index (χ4n) is 2.85. The lowest BCUT2D eigenvalue weighted by Gasteiger charge is -2.25. The molecule has 2 nitrogen and oxygen atoms in total. The summed E-state index contributed by atoms with van der Waals surface area (Å²) in [5.74, 6) is 1.63. The van der Waals surface area contributed by atoms with Gasteiger partial charge in [-0.15, -0.1) is 0 Å². The maximum atomic E-state index is 4.24. The molecule has 2 heteroatoms. The summed E-state index contributed by atoms with van der Waals surface area (Å²) >= 11 is 0. The van der Waals surface area contributed by atoms with Crippen LogP contribution in [0.2, 0.25) is 0 Å². The summed E-state index contributed by atoms with van der Waals surface area (Å²) < 4.78 is 0. The Kier molecular flexibility index (Phi) is 2.23. The summed E-state index contributed by atoms with van der Waals surface area (Å²) in [5.41, 5.74) is 4.22. The van der Waals surface area contributed by atoms with Crippen molar-refractivity contribution in [3.8, 4) is 0 Å². The summed E-state index contributed by atoms with van der Waals surface area (Å²) in [5, 5.41) is 1.34. The normalized spacial score (nSPS) is 20.3. The van der Waals surface area contributed by atoms with Crippen molar-refractivity contribution in [1.82, 2.24) is 9.97 Å². The lowest BCUT2D eigenvalue weighted by Crippen LogP contribution is -2.18. The van der Waals surface area contributed by atoms with Gasteiger partial charge in [-0.25, -0.2) is 0 Å². The van der Waals surface area contributed by atoms with Gasteiger partial charge in [-0.3, -0.25) is 4.98 Å². The first-order valence-corrected chi connectivity index (χ1v) is 6.19. The molecule has 2 heterocycles. The van der Waals surface area contributed by atoms with Crippen molar-refractivity contribution in [3.05, 3.63) is 29.7 Å². The predicted octanol–water partition coefficient (Wildman–Crippen LogP) is 3.32. The van der Waals surface area contributed by atoms with Gasteiger partial charge in [0.1, 0.15) is 0 Å². The Morgan fingerprint density at radius 1 is 1.44 bits per heavy atom. The number of H-pyrrole nitrogens is 1. The molecule has 1 atom stereocenters. The second-order valence-electron chi connectivity index (χ2n) is 5.25. The molecule has 0 radical (unpaired) electrons. The molecule has 0 aliphatic heterocycles. The Labute approximate surface area is 96.1 Å². The first-order valence-electron chi connectivity index (χ1n) is 6.19. The molecule has 0 amide bonds. The summed E-state index contributed by atoms with van der Waals surface area (Å²) in [6, 6.07) is 2.08. The Balaban J connectivity index is 2.08. The van der Waals surface area contributed by atoms with Gasteiger partial charge in [0.2, 0.25) is 0 Å². The molecule has 16 heavy (non-hydrogen) atoms. The molecule has 3 rings (SSSR count). The molecular formula is C14H18N2. The fourth-order valence-corrected chi connectivity index (χ4v) is 2.85. The van der Waals surface area contributed by atoms with Gasteiger partial charge in [0.05, 0.1) is 0 Å². The van der Waals surface area contributed by atoms with E-state index in [1.54, 1.807) is 0 Å². The van der Waals surface area contributed by atoms with Gasteiger partial charge in [-0.2, -0.15) is 0 Å². The van der Waals surface area contributed by atoms with Crippen LogP contribution in [0.3, 0.4) is 0 Å². The predicted molar refractivity (Wildman–Crippen MR) is 66.4 cm³/mol. The van der Waals surface area contributed by atoms with Crippen molar-refractivity contribution in [1.29, 1.82) is 0 Å². The number of nitrogens with zero attached hydrogens (tertiary/aromatic N) is 1. The van der Waals surface area contributed by atoms with E-state index in [0.717, 1.165) is 11.8 Å². The SMILES string of the molecule is CC(C)C1CCc2[nH]c3ccncc3c2C1. The maximum Gasteiger partial charge on any atom is 0.0490 e. The topological polar surface area (TPSA) is 28.7 Å². The van der Waals surface area contributed by atoms with Crippen molar-refractivity contribution in [2.24, 2.45) is 11.8 Å². The Morgan fingerprint density at radius 2 is 2.31 bits per heavy atom. The number of hydrogen-bond donors (Lipinski definition) is 1. The van der Waals surface area contributed by atoms with E-state index in [-0.39, 0.29) is 0 Å². The third kappa shape index (κ3) is 1.44. The first kappa shape index (κ1) is 9.88. The average molecular weight is 214 g/mol. The monoisotopic (exact) mass is 214 g/mol. The van der Waals surface area contributed by atoms with Crippen LogP contribution in [0.25, 0.3) is 10.9 Å². The number of nitrogens with one attached hydrogen (secondary N) is 1. The van der Waals surface area contributed by atoms with Crippen molar-refractivity contribution >= 4 is 10.9 Å². The van der Waals surface area contributed by atoms with E-state index < -0.39 is 0 Å². The van der Waals surface area contributed by atoms with Gasteiger partial charge in [0, 0.05) is 29.0 Å². The van der Waals surface area contributed by atoms with E-state index in [1.807, 2.05) is 12.4 Å². The van der Waals surface area contributed by atoms with Crippen molar-refractivity contribution in [2.75, 3.05) is 0 Å². The average Bonchev–Trinajstić information content (AvgIpc) is 2.66. The number of rotatable bonds is 1. The van der Waals surface area contributed by atoms with E-state index in [0.29, 0.717) is 0 Å². The highest BCUT2D eigenvalue weighted by Gasteiger charge is 2.24. The highest BCUT2D eigenvalue weighted by Crippen LogP contribution is 2.34. The number of aryl methyl sites for hydroxylation is 1. The van der Waals surface area contributed by atoms with Gasteiger partial charge in [0.15, 0.2) is 0 Å². The zero-order chi connectivity index (χ0) is 11.1. The van der Waals surface area contributed by atoms with Gasteiger partial charge in [0.25, 0.3) is 0 Å². The van der Waals surface area contributed by atoms with E-state index in [2.05, 4.69) is 29.9 Å². The molecule has 2 aromatic rings. The number of fused-ring (bicyclic) bond motifs is 3.